The second kappa shape index (κ2) is 6.76. The van der Waals surface area contributed by atoms with Gasteiger partial charge in [-0.2, -0.15) is 0 Å². The van der Waals surface area contributed by atoms with Crippen molar-refractivity contribution in [3.8, 4) is 5.75 Å². The maximum Gasteiger partial charge on any atom is 0.263 e. The van der Waals surface area contributed by atoms with Crippen LogP contribution in [0.2, 0.25) is 0 Å². The lowest BCUT2D eigenvalue weighted by Crippen LogP contribution is -2.32. The molecular weight excluding hydrogens is 312 g/mol. The van der Waals surface area contributed by atoms with Gasteiger partial charge in [-0.3, -0.25) is 4.79 Å². The predicted molar refractivity (Wildman–Crippen MR) is 93.7 cm³/mol. The second-order valence-electron chi connectivity index (χ2n) is 6.08. The number of thiophene rings is 1. The van der Waals surface area contributed by atoms with Crippen molar-refractivity contribution in [1.82, 2.24) is 5.32 Å². The molecule has 5 nitrogen and oxygen atoms in total. The SMILES string of the molecule is COCOc1ccc2sc3c(c2c1)N(CC(C)C)CCNC3=O. The zero-order chi connectivity index (χ0) is 16.4. The molecule has 1 aromatic carbocycles. The van der Waals surface area contributed by atoms with Gasteiger partial charge in [-0.1, -0.05) is 13.8 Å². The fourth-order valence-electron chi connectivity index (χ4n) is 2.87. The van der Waals surface area contributed by atoms with Crippen molar-refractivity contribution >= 4 is 33.0 Å². The van der Waals surface area contributed by atoms with E-state index in [0.717, 1.165) is 39.5 Å². The summed E-state index contributed by atoms with van der Waals surface area (Å²) in [6.45, 7) is 7.04. The zero-order valence-electron chi connectivity index (χ0n) is 13.7. The highest BCUT2D eigenvalue weighted by Crippen LogP contribution is 2.41. The Labute approximate surface area is 140 Å². The number of amides is 1. The molecule has 1 amide bonds. The predicted octanol–water partition coefficient (Wildman–Crippen LogP) is 3.09. The molecule has 0 saturated carbocycles. The van der Waals surface area contributed by atoms with E-state index in [4.69, 9.17) is 9.47 Å². The van der Waals surface area contributed by atoms with Crippen LogP contribution in [-0.2, 0) is 4.74 Å². The molecule has 0 spiro atoms. The molecule has 0 unspecified atom stereocenters. The minimum absolute atomic E-state index is 0.0202. The fraction of sp³-hybridized carbons (Fsp3) is 0.471. The Bertz CT molecular complexity index is 711. The van der Waals surface area contributed by atoms with E-state index in [0.29, 0.717) is 12.5 Å². The highest BCUT2D eigenvalue weighted by Gasteiger charge is 2.26. The van der Waals surface area contributed by atoms with E-state index < -0.39 is 0 Å². The monoisotopic (exact) mass is 334 g/mol. The maximum atomic E-state index is 12.4. The number of nitrogens with zero attached hydrogens (tertiary/aromatic N) is 1. The third-order valence-corrected chi connectivity index (χ3v) is 4.91. The Kier molecular flexibility index (Phi) is 4.73. The zero-order valence-corrected chi connectivity index (χ0v) is 14.5. The number of carbonyl (C=O) groups is 1. The highest BCUT2D eigenvalue weighted by atomic mass is 32.1. The topological polar surface area (TPSA) is 50.8 Å². The van der Waals surface area contributed by atoms with E-state index in [1.165, 1.54) is 0 Å². The Balaban J connectivity index is 2.09. The molecule has 2 heterocycles. The lowest BCUT2D eigenvalue weighted by molar-refractivity contribution is 0.0512. The van der Waals surface area contributed by atoms with Gasteiger partial charge in [-0.05, 0) is 24.1 Å². The van der Waals surface area contributed by atoms with Gasteiger partial charge in [0.25, 0.3) is 5.91 Å². The number of hydrogen-bond acceptors (Lipinski definition) is 5. The molecule has 3 rings (SSSR count). The minimum atomic E-state index is 0.0202. The molecule has 0 radical (unpaired) electrons. The Hall–Kier alpha value is -1.79. The van der Waals surface area contributed by atoms with Gasteiger partial charge in [0.05, 0.1) is 5.69 Å². The van der Waals surface area contributed by atoms with Crippen molar-refractivity contribution in [3.05, 3.63) is 23.1 Å². The average molecular weight is 334 g/mol. The van der Waals surface area contributed by atoms with Gasteiger partial charge in [0, 0.05) is 36.8 Å². The molecule has 0 saturated heterocycles. The summed E-state index contributed by atoms with van der Waals surface area (Å²) >= 11 is 1.54. The van der Waals surface area contributed by atoms with Crippen LogP contribution in [0.5, 0.6) is 5.75 Å². The summed E-state index contributed by atoms with van der Waals surface area (Å²) < 4.78 is 11.6. The first-order chi connectivity index (χ1) is 11.1. The van der Waals surface area contributed by atoms with Crippen LogP contribution in [0.1, 0.15) is 23.5 Å². The third-order valence-electron chi connectivity index (χ3n) is 3.75. The Morgan fingerprint density at radius 2 is 2.22 bits per heavy atom. The van der Waals surface area contributed by atoms with E-state index in [9.17, 15) is 4.79 Å². The largest absolute Gasteiger partial charge is 0.468 e. The molecule has 1 N–H and O–H groups in total. The summed E-state index contributed by atoms with van der Waals surface area (Å²) in [7, 11) is 1.60. The van der Waals surface area contributed by atoms with Crippen LogP contribution in [-0.4, -0.2) is 39.4 Å². The summed E-state index contributed by atoms with van der Waals surface area (Å²) in [5.41, 5.74) is 1.04. The molecule has 1 aromatic heterocycles. The van der Waals surface area contributed by atoms with E-state index in [2.05, 4.69) is 24.1 Å². The van der Waals surface area contributed by atoms with Crippen LogP contribution in [0.4, 0.5) is 5.69 Å². The van der Waals surface area contributed by atoms with Gasteiger partial charge < -0.3 is 19.7 Å². The third kappa shape index (κ3) is 3.28. The number of hydrogen-bond donors (Lipinski definition) is 1. The second-order valence-corrected chi connectivity index (χ2v) is 7.14. The summed E-state index contributed by atoms with van der Waals surface area (Å²) in [5.74, 6) is 1.31. The molecule has 0 aliphatic carbocycles. The van der Waals surface area contributed by atoms with Crippen LogP contribution in [0, 0.1) is 5.92 Å². The molecular formula is C17H22N2O3S. The van der Waals surface area contributed by atoms with E-state index in [-0.39, 0.29) is 12.7 Å². The number of fused-ring (bicyclic) bond motifs is 3. The van der Waals surface area contributed by atoms with Crippen molar-refractivity contribution in [2.45, 2.75) is 13.8 Å². The van der Waals surface area contributed by atoms with Crippen LogP contribution < -0.4 is 15.0 Å². The molecule has 6 heteroatoms. The van der Waals surface area contributed by atoms with Gasteiger partial charge in [0.15, 0.2) is 6.79 Å². The highest BCUT2D eigenvalue weighted by molar-refractivity contribution is 7.21. The molecule has 0 fully saturated rings. The molecule has 0 atom stereocenters. The van der Waals surface area contributed by atoms with Gasteiger partial charge in [0.1, 0.15) is 10.6 Å². The van der Waals surface area contributed by atoms with Gasteiger partial charge >= 0.3 is 0 Å². The van der Waals surface area contributed by atoms with Crippen LogP contribution in [0.25, 0.3) is 10.1 Å². The molecule has 124 valence electrons. The first kappa shape index (κ1) is 16.1. The Morgan fingerprint density at radius 3 is 2.96 bits per heavy atom. The van der Waals surface area contributed by atoms with E-state index in [1.807, 2.05) is 18.2 Å². The van der Waals surface area contributed by atoms with Gasteiger partial charge in [0.2, 0.25) is 0 Å². The quantitative estimate of drug-likeness (QED) is 0.854. The van der Waals surface area contributed by atoms with Crippen molar-refractivity contribution in [2.24, 2.45) is 5.92 Å². The molecule has 23 heavy (non-hydrogen) atoms. The van der Waals surface area contributed by atoms with Crippen molar-refractivity contribution < 1.29 is 14.3 Å². The van der Waals surface area contributed by atoms with Crippen molar-refractivity contribution in [2.75, 3.05) is 38.4 Å². The number of ether oxygens (including phenoxy) is 2. The van der Waals surface area contributed by atoms with Crippen LogP contribution >= 0.6 is 11.3 Å². The van der Waals surface area contributed by atoms with Crippen LogP contribution in [0.3, 0.4) is 0 Å². The lowest BCUT2D eigenvalue weighted by atomic mass is 10.1. The molecule has 2 aromatic rings. The normalized spacial score (nSPS) is 14.8. The first-order valence-corrected chi connectivity index (χ1v) is 8.63. The number of carbonyl (C=O) groups excluding carboxylic acids is 1. The van der Waals surface area contributed by atoms with E-state index in [1.54, 1.807) is 18.4 Å². The number of methoxy groups -OCH3 is 1. The summed E-state index contributed by atoms with van der Waals surface area (Å²) in [5, 5.41) is 4.07. The lowest BCUT2D eigenvalue weighted by Gasteiger charge is -2.25. The van der Waals surface area contributed by atoms with Gasteiger partial charge in [-0.25, -0.2) is 0 Å². The first-order valence-electron chi connectivity index (χ1n) is 7.81. The average Bonchev–Trinajstić information content (AvgIpc) is 2.83. The van der Waals surface area contributed by atoms with Crippen LogP contribution in [0.15, 0.2) is 18.2 Å². The van der Waals surface area contributed by atoms with Gasteiger partial charge in [-0.15, -0.1) is 11.3 Å². The Morgan fingerprint density at radius 1 is 1.39 bits per heavy atom. The fourth-order valence-corrected chi connectivity index (χ4v) is 3.99. The standard InChI is InChI=1S/C17H22N2O3S/c1-11(2)9-19-7-6-18-17(20)16-15(19)13-8-12(22-10-21-3)4-5-14(13)23-16/h4-5,8,11H,6-7,9-10H2,1-3H3,(H,18,20). The summed E-state index contributed by atoms with van der Waals surface area (Å²) in [4.78, 5) is 15.5. The minimum Gasteiger partial charge on any atom is -0.468 e. The summed E-state index contributed by atoms with van der Waals surface area (Å²) in [6, 6.07) is 5.94. The number of nitrogens with one attached hydrogen (secondary N) is 1. The van der Waals surface area contributed by atoms with E-state index >= 15 is 0 Å². The molecule has 1 aliphatic rings. The number of benzene rings is 1. The molecule has 1 aliphatic heterocycles. The van der Waals surface area contributed by atoms with Crippen molar-refractivity contribution in [1.29, 1.82) is 0 Å². The maximum absolute atomic E-state index is 12.4. The smallest absolute Gasteiger partial charge is 0.263 e. The molecule has 0 bridgehead atoms. The number of anilines is 1. The van der Waals surface area contributed by atoms with Crippen molar-refractivity contribution in [3.63, 3.8) is 0 Å². The summed E-state index contributed by atoms with van der Waals surface area (Å²) in [6.07, 6.45) is 0. The number of rotatable bonds is 5.